The van der Waals surface area contributed by atoms with Gasteiger partial charge in [-0.25, -0.2) is 4.98 Å². The number of carbonyl (C=O) groups is 1. The molecule has 1 aliphatic rings. The molecule has 1 saturated heterocycles. The van der Waals surface area contributed by atoms with E-state index in [0.29, 0.717) is 12.3 Å². The van der Waals surface area contributed by atoms with Crippen LogP contribution in [0.2, 0.25) is 0 Å². The molecule has 3 heterocycles. The molecular formula is C21H22N2O2S. The lowest BCUT2D eigenvalue weighted by molar-refractivity contribution is -0.131. The van der Waals surface area contributed by atoms with Crippen LogP contribution in [0.5, 0.6) is 0 Å². The molecule has 5 heteroatoms. The van der Waals surface area contributed by atoms with Crippen molar-refractivity contribution in [3.63, 3.8) is 0 Å². The number of likely N-dealkylation sites (tertiary alicyclic amines) is 1. The maximum atomic E-state index is 13.0. The topological polar surface area (TPSA) is 46.3 Å². The molecule has 1 aromatic carbocycles. The summed E-state index contributed by atoms with van der Waals surface area (Å²) in [6.45, 7) is 4.78. The van der Waals surface area contributed by atoms with Crippen LogP contribution in [-0.4, -0.2) is 22.3 Å². The van der Waals surface area contributed by atoms with Crippen molar-refractivity contribution in [2.45, 2.75) is 39.2 Å². The van der Waals surface area contributed by atoms with Gasteiger partial charge < -0.3 is 9.32 Å². The van der Waals surface area contributed by atoms with Crippen molar-refractivity contribution in [3.05, 3.63) is 64.4 Å². The molecule has 0 bridgehead atoms. The number of hydrogen-bond acceptors (Lipinski definition) is 4. The Balaban J connectivity index is 1.51. The van der Waals surface area contributed by atoms with E-state index in [-0.39, 0.29) is 11.9 Å². The molecule has 0 saturated carbocycles. The normalized spacial score (nSPS) is 17.0. The second kappa shape index (κ2) is 7.08. The zero-order chi connectivity index (χ0) is 18.1. The summed E-state index contributed by atoms with van der Waals surface area (Å²) in [4.78, 5) is 20.5. The summed E-state index contributed by atoms with van der Waals surface area (Å²) in [6, 6.07) is 12.6. The first kappa shape index (κ1) is 17.0. The van der Waals surface area contributed by atoms with E-state index in [0.717, 1.165) is 35.7 Å². The number of thiophene rings is 1. The minimum absolute atomic E-state index is 0.127. The molecule has 4 rings (SSSR count). The number of aromatic nitrogens is 1. The van der Waals surface area contributed by atoms with Crippen LogP contribution in [0, 0.1) is 13.8 Å². The number of aryl methyl sites for hydroxylation is 2. The van der Waals surface area contributed by atoms with E-state index in [4.69, 9.17) is 4.42 Å². The van der Waals surface area contributed by atoms with Crippen LogP contribution in [0.4, 0.5) is 0 Å². The van der Waals surface area contributed by atoms with Gasteiger partial charge in [-0.05, 0) is 43.7 Å². The van der Waals surface area contributed by atoms with E-state index < -0.39 is 0 Å². The first-order chi connectivity index (χ1) is 12.6. The smallest absolute Gasteiger partial charge is 0.236 e. The van der Waals surface area contributed by atoms with Gasteiger partial charge in [0.05, 0.1) is 23.0 Å². The van der Waals surface area contributed by atoms with E-state index in [2.05, 4.69) is 36.2 Å². The van der Waals surface area contributed by atoms with Gasteiger partial charge in [0.25, 0.3) is 0 Å². The van der Waals surface area contributed by atoms with Crippen LogP contribution >= 0.6 is 11.3 Å². The largest absolute Gasteiger partial charge is 0.440 e. The third-order valence-electron chi connectivity index (χ3n) is 4.98. The second-order valence-electron chi connectivity index (χ2n) is 6.83. The average Bonchev–Trinajstić information content (AvgIpc) is 3.36. The monoisotopic (exact) mass is 366 g/mol. The van der Waals surface area contributed by atoms with Gasteiger partial charge in [-0.15, -0.1) is 11.3 Å². The molecule has 1 aliphatic heterocycles. The zero-order valence-corrected chi connectivity index (χ0v) is 15.9. The molecule has 0 aliphatic carbocycles. The molecule has 0 radical (unpaired) electrons. The third-order valence-corrected chi connectivity index (χ3v) is 5.84. The lowest BCUT2D eigenvalue weighted by Crippen LogP contribution is -2.32. The van der Waals surface area contributed by atoms with Crippen molar-refractivity contribution in [3.8, 4) is 10.8 Å². The van der Waals surface area contributed by atoms with Gasteiger partial charge in [0.2, 0.25) is 11.8 Å². The molecule has 26 heavy (non-hydrogen) atoms. The number of amides is 1. The molecule has 1 atom stereocenters. The first-order valence-electron chi connectivity index (χ1n) is 8.98. The minimum Gasteiger partial charge on any atom is -0.440 e. The van der Waals surface area contributed by atoms with Crippen molar-refractivity contribution >= 4 is 17.2 Å². The summed E-state index contributed by atoms with van der Waals surface area (Å²) in [7, 11) is 0. The highest BCUT2D eigenvalue weighted by molar-refractivity contribution is 7.13. The van der Waals surface area contributed by atoms with Gasteiger partial charge >= 0.3 is 0 Å². The minimum atomic E-state index is 0.127. The molecule has 0 spiro atoms. The molecule has 134 valence electrons. The summed E-state index contributed by atoms with van der Waals surface area (Å²) in [6.07, 6.45) is 2.36. The maximum Gasteiger partial charge on any atom is 0.236 e. The van der Waals surface area contributed by atoms with Crippen LogP contribution in [0.15, 0.2) is 46.2 Å². The molecule has 1 amide bonds. The number of rotatable bonds is 4. The van der Waals surface area contributed by atoms with E-state index >= 15 is 0 Å². The number of hydrogen-bond donors (Lipinski definition) is 0. The lowest BCUT2D eigenvalue weighted by Gasteiger charge is -2.25. The highest BCUT2D eigenvalue weighted by Crippen LogP contribution is 2.33. The summed E-state index contributed by atoms with van der Waals surface area (Å²) in [5.41, 5.74) is 3.20. The Morgan fingerprint density at radius 2 is 2.08 bits per heavy atom. The van der Waals surface area contributed by atoms with Crippen molar-refractivity contribution in [1.82, 2.24) is 9.88 Å². The standard InChI is InChI=1S/C21H22N2O2S/c1-14-7-9-16(10-8-14)18-5-3-11-23(18)20(24)13-17-15(2)25-21(22-17)19-6-4-12-26-19/h4,6-10,12,18H,3,5,11,13H2,1-2H3. The quantitative estimate of drug-likeness (QED) is 0.658. The number of nitrogens with zero attached hydrogens (tertiary/aromatic N) is 2. The number of carbonyl (C=O) groups excluding carboxylic acids is 1. The van der Waals surface area contributed by atoms with Gasteiger partial charge in [0.1, 0.15) is 5.76 Å². The fourth-order valence-corrected chi connectivity index (χ4v) is 4.19. The molecule has 1 unspecified atom stereocenters. The van der Waals surface area contributed by atoms with Gasteiger partial charge in [0, 0.05) is 6.54 Å². The first-order valence-corrected chi connectivity index (χ1v) is 9.86. The van der Waals surface area contributed by atoms with Gasteiger partial charge in [-0.2, -0.15) is 0 Å². The molecule has 0 N–H and O–H groups in total. The summed E-state index contributed by atoms with van der Waals surface area (Å²) in [5.74, 6) is 1.46. The highest BCUT2D eigenvalue weighted by Gasteiger charge is 2.30. The van der Waals surface area contributed by atoms with Crippen LogP contribution in [0.25, 0.3) is 10.8 Å². The van der Waals surface area contributed by atoms with Gasteiger partial charge in [-0.1, -0.05) is 35.9 Å². The summed E-state index contributed by atoms with van der Waals surface area (Å²) >= 11 is 1.59. The Morgan fingerprint density at radius 1 is 1.27 bits per heavy atom. The molecule has 1 fully saturated rings. The van der Waals surface area contributed by atoms with Crippen molar-refractivity contribution in [1.29, 1.82) is 0 Å². The zero-order valence-electron chi connectivity index (χ0n) is 15.1. The van der Waals surface area contributed by atoms with E-state index in [1.165, 1.54) is 11.1 Å². The summed E-state index contributed by atoms with van der Waals surface area (Å²) < 4.78 is 5.78. The van der Waals surface area contributed by atoms with Crippen LogP contribution in [0.1, 0.15) is 41.5 Å². The Hall–Kier alpha value is -2.40. The molecular weight excluding hydrogens is 344 g/mol. The average molecular weight is 366 g/mol. The number of oxazole rings is 1. The summed E-state index contributed by atoms with van der Waals surface area (Å²) in [5, 5.41) is 2.00. The Kier molecular flexibility index (Phi) is 4.64. The third kappa shape index (κ3) is 3.31. The number of benzene rings is 1. The Labute approximate surface area is 157 Å². The van der Waals surface area contributed by atoms with Gasteiger partial charge in [0.15, 0.2) is 0 Å². The van der Waals surface area contributed by atoms with E-state index in [1.54, 1.807) is 11.3 Å². The van der Waals surface area contributed by atoms with Gasteiger partial charge in [-0.3, -0.25) is 4.79 Å². The molecule has 3 aromatic rings. The van der Waals surface area contributed by atoms with Crippen LogP contribution in [0.3, 0.4) is 0 Å². The molecule has 2 aromatic heterocycles. The highest BCUT2D eigenvalue weighted by atomic mass is 32.1. The Morgan fingerprint density at radius 3 is 2.81 bits per heavy atom. The molecule has 4 nitrogen and oxygen atoms in total. The fourth-order valence-electron chi connectivity index (χ4n) is 3.54. The van der Waals surface area contributed by atoms with Crippen molar-refractivity contribution in [2.75, 3.05) is 6.54 Å². The SMILES string of the molecule is Cc1ccc(C2CCCN2C(=O)Cc2nc(-c3cccs3)oc2C)cc1. The van der Waals surface area contributed by atoms with Crippen LogP contribution < -0.4 is 0 Å². The second-order valence-corrected chi connectivity index (χ2v) is 7.78. The van der Waals surface area contributed by atoms with E-state index in [9.17, 15) is 4.79 Å². The maximum absolute atomic E-state index is 13.0. The van der Waals surface area contributed by atoms with Crippen molar-refractivity contribution < 1.29 is 9.21 Å². The fraction of sp³-hybridized carbons (Fsp3) is 0.333. The lowest BCUT2D eigenvalue weighted by atomic mass is 10.0. The van der Waals surface area contributed by atoms with E-state index in [1.807, 2.05) is 29.3 Å². The predicted octanol–water partition coefficient (Wildman–Crippen LogP) is 4.93. The van der Waals surface area contributed by atoms with Crippen molar-refractivity contribution in [2.24, 2.45) is 0 Å². The predicted molar refractivity (Wildman–Crippen MR) is 103 cm³/mol. The Bertz CT molecular complexity index is 897. The van der Waals surface area contributed by atoms with Crippen LogP contribution in [-0.2, 0) is 11.2 Å².